The van der Waals surface area contributed by atoms with Gasteiger partial charge in [0, 0.05) is 11.3 Å². The zero-order chi connectivity index (χ0) is 28.1. The van der Waals surface area contributed by atoms with Crippen molar-refractivity contribution < 1.29 is 15.3 Å². The molecule has 0 unspecified atom stereocenters. The van der Waals surface area contributed by atoms with Crippen molar-refractivity contribution in [3.63, 3.8) is 0 Å². The average Bonchev–Trinajstić information content (AvgIpc) is 3.78. The summed E-state index contributed by atoms with van der Waals surface area (Å²) in [4.78, 5) is 13.1. The number of rotatable bonds is 7. The first-order valence-corrected chi connectivity index (χ1v) is 12.9. The van der Waals surface area contributed by atoms with E-state index in [0.717, 1.165) is 45.1 Å². The summed E-state index contributed by atoms with van der Waals surface area (Å²) in [7, 11) is 0. The van der Waals surface area contributed by atoms with E-state index in [9.17, 15) is 0 Å². The van der Waals surface area contributed by atoms with Crippen LogP contribution in [0.1, 0.15) is 22.5 Å². The fourth-order valence-corrected chi connectivity index (χ4v) is 4.67. The molecule has 2 aliphatic rings. The molecule has 0 spiro atoms. The van der Waals surface area contributed by atoms with Gasteiger partial charge in [0.2, 0.25) is 0 Å². The van der Waals surface area contributed by atoms with Gasteiger partial charge >= 0.3 is 177 Å². The molecule has 5 rings (SSSR count). The zero-order valence-corrected chi connectivity index (χ0v) is 22.5. The third kappa shape index (κ3) is 5.21. The Morgan fingerprint density at radius 3 is 2.02 bits per heavy atom. The summed E-state index contributed by atoms with van der Waals surface area (Å²) >= 11 is 4.42. The van der Waals surface area contributed by atoms with Gasteiger partial charge < -0.3 is 5.73 Å². The Hall–Kier alpha value is -5.20. The number of nitrogens with two attached hydrogens (primary N) is 1. The summed E-state index contributed by atoms with van der Waals surface area (Å²) in [6.45, 7) is 3.86. The summed E-state index contributed by atoms with van der Waals surface area (Å²) in [6.07, 6.45) is 20.8. The van der Waals surface area contributed by atoms with E-state index in [-0.39, 0.29) is 0 Å². The molecule has 5 heteroatoms. The van der Waals surface area contributed by atoms with Gasteiger partial charge in [-0.15, -0.1) is 0 Å². The van der Waals surface area contributed by atoms with Crippen molar-refractivity contribution in [1.82, 2.24) is 4.98 Å². The Labute approximate surface area is 242 Å². The molecule has 2 aromatic carbocycles. The molecular weight excluding hydrogens is 535 g/mol. The quantitative estimate of drug-likeness (QED) is 0.269. The van der Waals surface area contributed by atoms with Crippen LogP contribution in [0, 0.1) is 24.7 Å². The minimum absolute atomic E-state index is 0.467. The number of terminal acetylenes is 2. The van der Waals surface area contributed by atoms with Crippen molar-refractivity contribution in [2.24, 2.45) is 15.7 Å². The Balaban J connectivity index is 1.59. The second-order valence-electron chi connectivity index (χ2n) is 8.81. The predicted octanol–water partition coefficient (Wildman–Crippen LogP) is 6.05. The normalized spacial score (nSPS) is 16.9. The number of nitrogens with zero attached hydrogens (tertiary/aromatic N) is 2. The van der Waals surface area contributed by atoms with Crippen LogP contribution in [0.4, 0.5) is 0 Å². The minimum atomic E-state index is 0.467. The van der Waals surface area contributed by atoms with E-state index in [1.165, 1.54) is 0 Å². The van der Waals surface area contributed by atoms with Crippen molar-refractivity contribution in [2.45, 2.75) is 0 Å². The molecule has 193 valence electrons. The second-order valence-corrected chi connectivity index (χ2v) is 9.33. The van der Waals surface area contributed by atoms with Crippen molar-refractivity contribution in [3.05, 3.63) is 149 Å². The van der Waals surface area contributed by atoms with E-state index in [1.807, 2.05) is 97.1 Å². The van der Waals surface area contributed by atoms with Crippen molar-refractivity contribution in [2.75, 3.05) is 0 Å². The Morgan fingerprint density at radius 1 is 0.775 bits per heavy atom. The van der Waals surface area contributed by atoms with Crippen LogP contribution in [0.5, 0.6) is 0 Å². The third-order valence-corrected chi connectivity index (χ3v) is 6.80. The molecule has 0 atom stereocenters. The number of hydrogen-bond donors (Lipinski definition) is 2. The number of nitrogens with one attached hydrogen (secondary N) is 1. The summed E-state index contributed by atoms with van der Waals surface area (Å²) in [6, 6.07) is 23.8. The molecule has 0 saturated carbocycles. The van der Waals surface area contributed by atoms with Crippen molar-refractivity contribution >= 4 is 32.6 Å². The monoisotopic (exact) mass is 559 g/mol. The van der Waals surface area contributed by atoms with Crippen LogP contribution in [0.25, 0.3) is 16.7 Å². The topological polar surface area (TPSA) is 66.5 Å². The van der Waals surface area contributed by atoms with Crippen LogP contribution >= 0.6 is 0 Å². The molecule has 2 aliphatic heterocycles. The molecule has 40 heavy (non-hydrogen) atoms. The number of aliphatic imine (C=N–C) groups is 2. The maximum absolute atomic E-state index is 6.34. The number of allylic oxidation sites excluding steroid dienone is 7. The fraction of sp³-hybridized carbons (Fsp3) is 0. The zero-order valence-electron chi connectivity index (χ0n) is 21.5. The molecule has 0 radical (unpaired) electrons. The van der Waals surface area contributed by atoms with Gasteiger partial charge in [0.25, 0.3) is 0 Å². The first kappa shape index (κ1) is 26.4. The van der Waals surface area contributed by atoms with Gasteiger partial charge in [-0.1, -0.05) is 36.9 Å². The third-order valence-electron chi connectivity index (χ3n) is 6.38. The Bertz CT molecular complexity index is 1820. The van der Waals surface area contributed by atoms with Gasteiger partial charge in [-0.2, -0.15) is 0 Å². The fourth-order valence-electron chi connectivity index (χ4n) is 4.52. The van der Waals surface area contributed by atoms with Gasteiger partial charge in [0.05, 0.1) is 0 Å². The van der Waals surface area contributed by atoms with Gasteiger partial charge in [-0.05, 0) is 11.6 Å². The Kier molecular flexibility index (Phi) is 7.71. The SMILES string of the molecule is C#C[C](=[Co])C1=N/C(=C(C2=N/C(=C(/C#C)c3ccc(/C(=C(\N)C=C)c4ccccc4)[nH]3)C=C2)/c2ccccc2)C=C1. The van der Waals surface area contributed by atoms with Crippen LogP contribution in [0.2, 0.25) is 0 Å². The number of benzene rings is 2. The maximum atomic E-state index is 6.34. The summed E-state index contributed by atoms with van der Waals surface area (Å²) in [5.41, 5.74) is 15.6. The molecule has 3 N–H and O–H groups in total. The first-order valence-electron chi connectivity index (χ1n) is 12.4. The predicted molar refractivity (Wildman–Crippen MR) is 164 cm³/mol. The average molecular weight is 560 g/mol. The number of H-pyrrole nitrogens is 1. The molecular formula is C35H24CoN4. The van der Waals surface area contributed by atoms with E-state index in [4.69, 9.17) is 28.6 Å². The van der Waals surface area contributed by atoms with Crippen molar-refractivity contribution in [3.8, 4) is 24.7 Å². The van der Waals surface area contributed by atoms with E-state index in [0.29, 0.717) is 27.1 Å². The molecule has 0 fully saturated rings. The molecule has 4 nitrogen and oxygen atoms in total. The summed E-state index contributed by atoms with van der Waals surface area (Å²) < 4.78 is 0.467. The number of hydrogen-bond acceptors (Lipinski definition) is 3. The molecule has 0 amide bonds. The van der Waals surface area contributed by atoms with Crippen LogP contribution in [0.3, 0.4) is 0 Å². The van der Waals surface area contributed by atoms with E-state index in [2.05, 4.69) is 38.7 Å². The van der Waals surface area contributed by atoms with Crippen LogP contribution in [-0.4, -0.2) is 20.9 Å². The summed E-state index contributed by atoms with van der Waals surface area (Å²) in [5.74, 6) is 5.36. The van der Waals surface area contributed by atoms with E-state index < -0.39 is 0 Å². The second kappa shape index (κ2) is 11.7. The number of aromatic amines is 1. The van der Waals surface area contributed by atoms with Gasteiger partial charge in [0.1, 0.15) is 0 Å². The summed E-state index contributed by atoms with van der Waals surface area (Å²) in [5, 5.41) is 0. The van der Waals surface area contributed by atoms with Crippen LogP contribution in [0.15, 0.2) is 137 Å². The van der Waals surface area contributed by atoms with Crippen LogP contribution < -0.4 is 5.73 Å². The molecule has 0 aliphatic carbocycles. The molecule has 0 bridgehead atoms. The number of aromatic nitrogens is 1. The molecule has 3 aromatic rings. The van der Waals surface area contributed by atoms with Crippen LogP contribution in [-0.2, 0) is 15.3 Å². The van der Waals surface area contributed by atoms with Gasteiger partial charge in [0.15, 0.2) is 0 Å². The Morgan fingerprint density at radius 2 is 1.38 bits per heavy atom. The van der Waals surface area contributed by atoms with Gasteiger partial charge in [-0.25, -0.2) is 0 Å². The molecule has 1 aromatic heterocycles. The van der Waals surface area contributed by atoms with Crippen molar-refractivity contribution in [1.29, 1.82) is 0 Å². The molecule has 3 heterocycles. The molecule has 0 saturated heterocycles. The van der Waals surface area contributed by atoms with Gasteiger partial charge in [-0.3, -0.25) is 0 Å². The first-order chi connectivity index (χ1) is 19.5. The standard InChI is InChI=1S/C35H24N4.Co/c1-4-13-26-18-19-32(37-26)35(25-16-11-8-12-17-25)33-23-21-30(39-33)27(5-2)29-20-22-31(38-29)34(28(36)6-3)24-14-9-7-10-15-24;/h1-2,6-12,14-23,38H,3,36H2;/b30-27-,34-28-,35-32-;. The van der Waals surface area contributed by atoms with E-state index >= 15 is 0 Å². The van der Waals surface area contributed by atoms with E-state index in [1.54, 1.807) is 6.08 Å².